The van der Waals surface area contributed by atoms with Gasteiger partial charge in [-0.3, -0.25) is 0 Å². The van der Waals surface area contributed by atoms with Crippen LogP contribution in [0.25, 0.3) is 5.69 Å². The van der Waals surface area contributed by atoms with E-state index in [0.29, 0.717) is 0 Å². The molecule has 2 aromatic rings. The molecule has 1 aliphatic rings. The molecule has 1 aliphatic heterocycles. The summed E-state index contributed by atoms with van der Waals surface area (Å²) in [7, 11) is 0. The van der Waals surface area contributed by atoms with Gasteiger partial charge in [0.05, 0.1) is 36.5 Å². The fraction of sp³-hybridized carbons (Fsp3) is 0.357. The highest BCUT2D eigenvalue weighted by atomic mass is 16.5. The molecule has 0 spiro atoms. The molecule has 0 atom stereocenters. The van der Waals surface area contributed by atoms with Crippen LogP contribution in [0.1, 0.15) is 5.69 Å². The maximum Gasteiger partial charge on any atom is 0.0831 e. The van der Waals surface area contributed by atoms with E-state index in [0.717, 1.165) is 37.7 Å². The van der Waals surface area contributed by atoms with E-state index < -0.39 is 0 Å². The third kappa shape index (κ3) is 2.11. The minimum absolute atomic E-state index is 0.802. The summed E-state index contributed by atoms with van der Waals surface area (Å²) in [6, 6.07) is 10.2. The molecule has 4 nitrogen and oxygen atoms in total. The van der Waals surface area contributed by atoms with E-state index >= 15 is 0 Å². The number of hydrogen-bond acceptors (Lipinski definition) is 3. The number of para-hydroxylation sites is 1. The molecule has 0 N–H and O–H groups in total. The van der Waals surface area contributed by atoms with Crippen LogP contribution in [0.4, 0.5) is 5.69 Å². The molecule has 94 valence electrons. The summed E-state index contributed by atoms with van der Waals surface area (Å²) in [5, 5.41) is 4.59. The van der Waals surface area contributed by atoms with E-state index in [9.17, 15) is 0 Å². The lowest BCUT2D eigenvalue weighted by Crippen LogP contribution is -2.36. The van der Waals surface area contributed by atoms with Crippen LogP contribution in [-0.4, -0.2) is 36.1 Å². The molecule has 4 heteroatoms. The van der Waals surface area contributed by atoms with Crippen molar-refractivity contribution < 1.29 is 4.74 Å². The van der Waals surface area contributed by atoms with Crippen LogP contribution in [-0.2, 0) is 4.74 Å². The summed E-state index contributed by atoms with van der Waals surface area (Å²) in [6.45, 7) is 5.55. The van der Waals surface area contributed by atoms with Crippen molar-refractivity contribution in [3.8, 4) is 5.69 Å². The van der Waals surface area contributed by atoms with Crippen LogP contribution < -0.4 is 4.90 Å². The van der Waals surface area contributed by atoms with Crippen LogP contribution in [0.2, 0.25) is 0 Å². The van der Waals surface area contributed by atoms with Gasteiger partial charge in [-0.05, 0) is 19.1 Å². The standard InChI is InChI=1S/C14H17N3O/c1-12-14(16-7-9-18-10-8-16)11-17(15-12)13-5-3-2-4-6-13/h2-6,11H,7-10H2,1H3. The Balaban J connectivity index is 1.91. The molecule has 0 unspecified atom stereocenters. The minimum Gasteiger partial charge on any atom is -0.378 e. The Hall–Kier alpha value is -1.81. The number of aryl methyl sites for hydroxylation is 1. The molecule has 0 saturated carbocycles. The summed E-state index contributed by atoms with van der Waals surface area (Å²) in [5.41, 5.74) is 3.38. The zero-order valence-electron chi connectivity index (χ0n) is 10.5. The largest absolute Gasteiger partial charge is 0.378 e. The molecule has 1 saturated heterocycles. The Kier molecular flexibility index (Phi) is 3.02. The van der Waals surface area contributed by atoms with Gasteiger partial charge in [0.15, 0.2) is 0 Å². The van der Waals surface area contributed by atoms with Crippen molar-refractivity contribution >= 4 is 5.69 Å². The smallest absolute Gasteiger partial charge is 0.0831 e. The third-order valence-electron chi connectivity index (χ3n) is 3.25. The van der Waals surface area contributed by atoms with E-state index in [4.69, 9.17) is 4.74 Å². The quantitative estimate of drug-likeness (QED) is 0.808. The first-order chi connectivity index (χ1) is 8.84. The number of nitrogens with zero attached hydrogens (tertiary/aromatic N) is 3. The minimum atomic E-state index is 0.802. The number of aromatic nitrogens is 2. The van der Waals surface area contributed by atoms with E-state index in [2.05, 4.69) is 35.3 Å². The molecule has 2 heterocycles. The highest BCUT2D eigenvalue weighted by Gasteiger charge is 2.16. The fourth-order valence-corrected chi connectivity index (χ4v) is 2.28. The predicted molar refractivity (Wildman–Crippen MR) is 71.3 cm³/mol. The topological polar surface area (TPSA) is 30.3 Å². The second-order valence-electron chi connectivity index (χ2n) is 4.48. The van der Waals surface area contributed by atoms with Gasteiger partial charge in [-0.25, -0.2) is 4.68 Å². The van der Waals surface area contributed by atoms with Crippen LogP contribution in [0.3, 0.4) is 0 Å². The molecule has 3 rings (SSSR count). The van der Waals surface area contributed by atoms with Gasteiger partial charge < -0.3 is 9.64 Å². The average molecular weight is 243 g/mol. The van der Waals surface area contributed by atoms with Crippen LogP contribution in [0.5, 0.6) is 0 Å². The van der Waals surface area contributed by atoms with E-state index in [1.165, 1.54) is 5.69 Å². The number of hydrogen-bond donors (Lipinski definition) is 0. The van der Waals surface area contributed by atoms with Gasteiger partial charge in [-0.15, -0.1) is 0 Å². The van der Waals surface area contributed by atoms with Crippen molar-refractivity contribution in [1.82, 2.24) is 9.78 Å². The van der Waals surface area contributed by atoms with Gasteiger partial charge in [0.2, 0.25) is 0 Å². The summed E-state index contributed by atoms with van der Waals surface area (Å²) >= 11 is 0. The number of rotatable bonds is 2. The zero-order valence-corrected chi connectivity index (χ0v) is 10.5. The first-order valence-electron chi connectivity index (χ1n) is 6.29. The number of ether oxygens (including phenoxy) is 1. The second-order valence-corrected chi connectivity index (χ2v) is 4.48. The first kappa shape index (κ1) is 11.3. The predicted octanol–water partition coefficient (Wildman–Crippen LogP) is 2.02. The van der Waals surface area contributed by atoms with Gasteiger partial charge in [0.25, 0.3) is 0 Å². The van der Waals surface area contributed by atoms with Crippen LogP contribution in [0, 0.1) is 6.92 Å². The number of morpholine rings is 1. The van der Waals surface area contributed by atoms with E-state index in [1.54, 1.807) is 0 Å². The summed E-state index contributed by atoms with van der Waals surface area (Å²) in [6.07, 6.45) is 2.11. The Morgan fingerprint density at radius 3 is 2.56 bits per heavy atom. The van der Waals surface area contributed by atoms with Gasteiger partial charge >= 0.3 is 0 Å². The third-order valence-corrected chi connectivity index (χ3v) is 3.25. The van der Waals surface area contributed by atoms with Gasteiger partial charge in [-0.1, -0.05) is 18.2 Å². The number of anilines is 1. The monoisotopic (exact) mass is 243 g/mol. The normalized spacial score (nSPS) is 15.9. The summed E-state index contributed by atoms with van der Waals surface area (Å²) in [5.74, 6) is 0. The highest BCUT2D eigenvalue weighted by Crippen LogP contribution is 2.21. The molecule has 1 fully saturated rings. The Morgan fingerprint density at radius 1 is 1.11 bits per heavy atom. The van der Waals surface area contributed by atoms with Gasteiger partial charge in [-0.2, -0.15) is 5.10 Å². The maximum absolute atomic E-state index is 5.38. The van der Waals surface area contributed by atoms with Crippen LogP contribution in [0.15, 0.2) is 36.5 Å². The van der Waals surface area contributed by atoms with Gasteiger partial charge in [0.1, 0.15) is 0 Å². The van der Waals surface area contributed by atoms with Crippen molar-refractivity contribution in [2.24, 2.45) is 0 Å². The lowest BCUT2D eigenvalue weighted by molar-refractivity contribution is 0.122. The van der Waals surface area contributed by atoms with Crippen molar-refractivity contribution in [3.05, 3.63) is 42.2 Å². The van der Waals surface area contributed by atoms with E-state index in [-0.39, 0.29) is 0 Å². The average Bonchev–Trinajstić information content (AvgIpc) is 2.83. The molecule has 0 amide bonds. The summed E-state index contributed by atoms with van der Waals surface area (Å²) < 4.78 is 7.33. The van der Waals surface area contributed by atoms with Crippen molar-refractivity contribution in [1.29, 1.82) is 0 Å². The molecule has 0 aliphatic carbocycles. The lowest BCUT2D eigenvalue weighted by Gasteiger charge is -2.27. The second kappa shape index (κ2) is 4.82. The van der Waals surface area contributed by atoms with Crippen LogP contribution >= 0.6 is 0 Å². The zero-order chi connectivity index (χ0) is 12.4. The SMILES string of the molecule is Cc1nn(-c2ccccc2)cc1N1CCOCC1. The first-order valence-corrected chi connectivity index (χ1v) is 6.29. The Morgan fingerprint density at radius 2 is 1.83 bits per heavy atom. The Bertz CT molecular complexity index is 515. The van der Waals surface area contributed by atoms with Crippen molar-refractivity contribution in [2.45, 2.75) is 6.92 Å². The molecule has 1 aromatic heterocycles. The van der Waals surface area contributed by atoms with E-state index in [1.807, 2.05) is 22.9 Å². The van der Waals surface area contributed by atoms with Crippen molar-refractivity contribution in [2.75, 3.05) is 31.2 Å². The molecular formula is C14H17N3O. The molecule has 1 aromatic carbocycles. The molecule has 0 bridgehead atoms. The Labute approximate surface area is 107 Å². The summed E-state index contributed by atoms with van der Waals surface area (Å²) in [4.78, 5) is 2.34. The van der Waals surface area contributed by atoms with Crippen molar-refractivity contribution in [3.63, 3.8) is 0 Å². The lowest BCUT2D eigenvalue weighted by atomic mass is 10.3. The van der Waals surface area contributed by atoms with Gasteiger partial charge in [0, 0.05) is 13.1 Å². The maximum atomic E-state index is 5.38. The number of benzene rings is 1. The molecule has 0 radical (unpaired) electrons. The fourth-order valence-electron chi connectivity index (χ4n) is 2.28. The molecule has 18 heavy (non-hydrogen) atoms. The highest BCUT2D eigenvalue weighted by molar-refractivity contribution is 5.51. The molecular weight excluding hydrogens is 226 g/mol.